The van der Waals surface area contributed by atoms with Crippen LogP contribution in [0.2, 0.25) is 0 Å². The Morgan fingerprint density at radius 3 is 2.15 bits per heavy atom. The first-order valence-electron chi connectivity index (χ1n) is 6.17. The van der Waals surface area contributed by atoms with Gasteiger partial charge in [-0.2, -0.15) is 0 Å². The first-order valence-corrected chi connectivity index (χ1v) is 6.17. The van der Waals surface area contributed by atoms with E-state index in [1.807, 2.05) is 14.1 Å². The van der Waals surface area contributed by atoms with E-state index in [9.17, 15) is 22.4 Å². The highest BCUT2D eigenvalue weighted by atomic mass is 19.2. The Morgan fingerprint density at radius 2 is 1.60 bits per heavy atom. The maximum atomic E-state index is 13.6. The Bertz CT molecular complexity index is 550. The summed E-state index contributed by atoms with van der Waals surface area (Å²) in [7, 11) is 3.97. The van der Waals surface area contributed by atoms with Crippen LogP contribution in [-0.2, 0) is 0 Å². The molecule has 1 heterocycles. The summed E-state index contributed by atoms with van der Waals surface area (Å²) in [6, 6.07) is 0.407. The number of piperazine rings is 1. The number of nitrogens with zero attached hydrogens (tertiary/aromatic N) is 2. The van der Waals surface area contributed by atoms with Gasteiger partial charge in [0.2, 0.25) is 0 Å². The smallest absolute Gasteiger partial charge is 0.257 e. The molecule has 1 aromatic carbocycles. The van der Waals surface area contributed by atoms with Crippen LogP contribution in [0.4, 0.5) is 17.6 Å². The van der Waals surface area contributed by atoms with Crippen molar-refractivity contribution < 1.29 is 26.8 Å². The molecule has 0 atom stereocenters. The van der Waals surface area contributed by atoms with Crippen molar-refractivity contribution in [2.24, 2.45) is 0 Å². The third-order valence-electron chi connectivity index (χ3n) is 3.57. The summed E-state index contributed by atoms with van der Waals surface area (Å²) in [4.78, 5) is 13.4. The average molecular weight is 291 g/mol. The van der Waals surface area contributed by atoms with Gasteiger partial charge < -0.3 is 9.38 Å². The number of amides is 1. The zero-order valence-electron chi connectivity index (χ0n) is 11.2. The summed E-state index contributed by atoms with van der Waals surface area (Å²) in [5.74, 6) is -7.90. The topological polar surface area (TPSA) is 20.3 Å². The molecule has 0 aromatic heterocycles. The Balaban J connectivity index is 2.27. The molecule has 3 nitrogen and oxygen atoms in total. The fourth-order valence-electron chi connectivity index (χ4n) is 2.11. The maximum Gasteiger partial charge on any atom is 0.257 e. The highest BCUT2D eigenvalue weighted by Crippen LogP contribution is 2.21. The first-order chi connectivity index (χ1) is 9.23. The van der Waals surface area contributed by atoms with Gasteiger partial charge in [0.05, 0.1) is 45.8 Å². The number of hydrogen-bond acceptors (Lipinski definition) is 1. The van der Waals surface area contributed by atoms with Gasteiger partial charge in [-0.05, 0) is 6.07 Å². The van der Waals surface area contributed by atoms with Gasteiger partial charge in [0.25, 0.3) is 5.91 Å². The fourth-order valence-corrected chi connectivity index (χ4v) is 2.11. The Kier molecular flexibility index (Phi) is 3.73. The van der Waals surface area contributed by atoms with E-state index >= 15 is 0 Å². The van der Waals surface area contributed by atoms with E-state index in [-0.39, 0.29) is 0 Å². The van der Waals surface area contributed by atoms with Gasteiger partial charge in [-0.25, -0.2) is 17.6 Å². The van der Waals surface area contributed by atoms with Crippen molar-refractivity contribution in [3.8, 4) is 0 Å². The lowest BCUT2D eigenvalue weighted by Gasteiger charge is -2.39. The van der Waals surface area contributed by atoms with Crippen LogP contribution >= 0.6 is 0 Å². The Morgan fingerprint density at radius 1 is 1.05 bits per heavy atom. The van der Waals surface area contributed by atoms with Crippen LogP contribution in [0, 0.1) is 23.3 Å². The second kappa shape index (κ2) is 5.05. The second-order valence-corrected chi connectivity index (χ2v) is 5.52. The van der Waals surface area contributed by atoms with Crippen molar-refractivity contribution in [3.05, 3.63) is 34.9 Å². The number of halogens is 4. The quantitative estimate of drug-likeness (QED) is 0.334. The van der Waals surface area contributed by atoms with Gasteiger partial charge in [-0.1, -0.05) is 0 Å². The monoisotopic (exact) mass is 291 g/mol. The molecule has 2 rings (SSSR count). The minimum Gasteiger partial charge on any atom is -0.327 e. The molecule has 0 unspecified atom stereocenters. The standard InChI is InChI=1S/C13H15F4N2O/c1-19(2)5-3-18(4-6-19)13(20)8-7-9(14)11(16)12(17)10(8)15/h7H,3-6H2,1-2H3/q+1. The lowest BCUT2D eigenvalue weighted by Crippen LogP contribution is -2.56. The minimum atomic E-state index is -1.96. The molecule has 0 N–H and O–H groups in total. The predicted molar refractivity (Wildman–Crippen MR) is 64.0 cm³/mol. The molecule has 1 saturated heterocycles. The number of rotatable bonds is 1. The molecular formula is C13H15F4N2O+. The van der Waals surface area contributed by atoms with Gasteiger partial charge >= 0.3 is 0 Å². The minimum absolute atomic E-state index is 0.353. The predicted octanol–water partition coefficient (Wildman–Crippen LogP) is 1.78. The van der Waals surface area contributed by atoms with Gasteiger partial charge in [-0.3, -0.25) is 4.79 Å². The van der Waals surface area contributed by atoms with E-state index in [2.05, 4.69) is 0 Å². The van der Waals surface area contributed by atoms with Crippen molar-refractivity contribution in [2.45, 2.75) is 0 Å². The van der Waals surface area contributed by atoms with Crippen LogP contribution in [0.15, 0.2) is 6.07 Å². The van der Waals surface area contributed by atoms with Crippen LogP contribution < -0.4 is 0 Å². The molecule has 1 aliphatic rings. The van der Waals surface area contributed by atoms with Crippen LogP contribution in [0.25, 0.3) is 0 Å². The third-order valence-corrected chi connectivity index (χ3v) is 3.57. The largest absolute Gasteiger partial charge is 0.327 e. The van der Waals surface area contributed by atoms with Crippen molar-refractivity contribution in [1.29, 1.82) is 0 Å². The summed E-state index contributed by atoms with van der Waals surface area (Å²) >= 11 is 0. The van der Waals surface area contributed by atoms with Gasteiger partial charge in [-0.15, -0.1) is 0 Å². The molecule has 0 spiro atoms. The summed E-state index contributed by atoms with van der Waals surface area (Å²) in [6.45, 7) is 2.01. The number of likely N-dealkylation sites (N-methyl/N-ethyl adjacent to an activating group) is 1. The normalized spacial score (nSPS) is 18.2. The first kappa shape index (κ1) is 14.8. The molecule has 7 heteroatoms. The number of benzene rings is 1. The molecule has 1 aromatic rings. The number of carbonyl (C=O) groups excluding carboxylic acids is 1. The molecule has 0 bridgehead atoms. The van der Waals surface area contributed by atoms with E-state index in [0.717, 1.165) is 0 Å². The highest BCUT2D eigenvalue weighted by molar-refractivity contribution is 5.94. The molecule has 1 aliphatic heterocycles. The van der Waals surface area contributed by atoms with E-state index in [0.29, 0.717) is 36.7 Å². The summed E-state index contributed by atoms with van der Waals surface area (Å²) in [6.07, 6.45) is 0. The van der Waals surface area contributed by atoms with Gasteiger partial charge in [0.15, 0.2) is 23.3 Å². The van der Waals surface area contributed by atoms with Gasteiger partial charge in [0, 0.05) is 0 Å². The molecule has 20 heavy (non-hydrogen) atoms. The molecule has 0 saturated carbocycles. The molecule has 1 fully saturated rings. The van der Waals surface area contributed by atoms with E-state index < -0.39 is 34.7 Å². The Labute approximate surface area is 114 Å². The van der Waals surface area contributed by atoms with Crippen LogP contribution in [0.5, 0.6) is 0 Å². The summed E-state index contributed by atoms with van der Waals surface area (Å²) < 4.78 is 53.4. The van der Waals surface area contributed by atoms with Crippen molar-refractivity contribution in [2.75, 3.05) is 40.3 Å². The van der Waals surface area contributed by atoms with Crippen LogP contribution in [0.3, 0.4) is 0 Å². The SMILES string of the molecule is C[N+]1(C)CCN(C(=O)c2cc(F)c(F)c(F)c2F)CC1. The molecule has 1 amide bonds. The van der Waals surface area contributed by atoms with E-state index in [4.69, 9.17) is 0 Å². The van der Waals surface area contributed by atoms with Crippen molar-refractivity contribution in [3.63, 3.8) is 0 Å². The van der Waals surface area contributed by atoms with Crippen LogP contribution in [0.1, 0.15) is 10.4 Å². The number of hydrogen-bond donors (Lipinski definition) is 0. The summed E-state index contributed by atoms with van der Waals surface area (Å²) in [5, 5.41) is 0. The zero-order valence-corrected chi connectivity index (χ0v) is 11.2. The van der Waals surface area contributed by atoms with Gasteiger partial charge in [0.1, 0.15) is 0 Å². The highest BCUT2D eigenvalue weighted by Gasteiger charge is 2.31. The van der Waals surface area contributed by atoms with E-state index in [1.54, 1.807) is 0 Å². The molecule has 0 aliphatic carbocycles. The van der Waals surface area contributed by atoms with Crippen molar-refractivity contribution in [1.82, 2.24) is 4.90 Å². The maximum absolute atomic E-state index is 13.6. The molecule has 0 radical (unpaired) electrons. The lowest BCUT2D eigenvalue weighted by molar-refractivity contribution is -0.894. The molecule has 110 valence electrons. The third kappa shape index (κ3) is 2.63. The zero-order chi connectivity index (χ0) is 15.1. The Hall–Kier alpha value is -1.63. The lowest BCUT2D eigenvalue weighted by atomic mass is 10.1. The number of quaternary nitrogens is 1. The summed E-state index contributed by atoms with van der Waals surface area (Å²) in [5.41, 5.74) is -0.770. The number of carbonyl (C=O) groups is 1. The average Bonchev–Trinajstić information content (AvgIpc) is 2.40. The molecular weight excluding hydrogens is 276 g/mol. The fraction of sp³-hybridized carbons (Fsp3) is 0.462. The van der Waals surface area contributed by atoms with Crippen LogP contribution in [-0.4, -0.2) is 55.6 Å². The second-order valence-electron chi connectivity index (χ2n) is 5.52. The van der Waals surface area contributed by atoms with Crippen molar-refractivity contribution >= 4 is 5.91 Å². The van der Waals surface area contributed by atoms with E-state index in [1.165, 1.54) is 4.90 Å².